The second-order valence-electron chi connectivity index (χ2n) is 6.61. The summed E-state index contributed by atoms with van der Waals surface area (Å²) >= 11 is 1.98. The fourth-order valence-electron chi connectivity index (χ4n) is 3.96. The molecule has 2 atom stereocenters. The van der Waals surface area contributed by atoms with Gasteiger partial charge in [-0.2, -0.15) is 0 Å². The van der Waals surface area contributed by atoms with Crippen molar-refractivity contribution in [3.05, 3.63) is 15.6 Å². The normalized spacial score (nSPS) is 28.8. The molecule has 1 N–H and O–H groups in total. The van der Waals surface area contributed by atoms with Crippen LogP contribution in [0.25, 0.3) is 0 Å². The Balaban J connectivity index is 1.83. The summed E-state index contributed by atoms with van der Waals surface area (Å²) in [5, 5.41) is 5.19. The monoisotopic (exact) mass is 308 g/mol. The summed E-state index contributed by atoms with van der Waals surface area (Å²) in [5.41, 5.74) is 1.51. The number of aromatic nitrogens is 1. The lowest BCUT2D eigenvalue weighted by Gasteiger charge is -2.40. The quantitative estimate of drug-likeness (QED) is 0.814. The Morgan fingerprint density at radius 1 is 1.38 bits per heavy atom. The smallest absolute Gasteiger partial charge is 0.113 e. The van der Waals surface area contributed by atoms with E-state index in [4.69, 9.17) is 9.72 Å². The number of ether oxygens (including phenoxy) is 1. The van der Waals surface area contributed by atoms with Crippen LogP contribution in [-0.2, 0) is 23.1 Å². The SMILES string of the molecule is CCC1CCCC(NCCOC)(c2nc3c(s2)CCC3)C1. The molecule has 0 saturated heterocycles. The molecular weight excluding hydrogens is 280 g/mol. The van der Waals surface area contributed by atoms with Crippen molar-refractivity contribution in [2.75, 3.05) is 20.3 Å². The Morgan fingerprint density at radius 2 is 2.29 bits per heavy atom. The third-order valence-electron chi connectivity index (χ3n) is 5.21. The Hall–Kier alpha value is -0.450. The van der Waals surface area contributed by atoms with Gasteiger partial charge < -0.3 is 10.1 Å². The van der Waals surface area contributed by atoms with Crippen molar-refractivity contribution in [1.82, 2.24) is 10.3 Å². The highest BCUT2D eigenvalue weighted by Crippen LogP contribution is 2.44. The average molecular weight is 308 g/mol. The number of thiazole rings is 1. The van der Waals surface area contributed by atoms with E-state index in [2.05, 4.69) is 12.2 Å². The third-order valence-corrected chi connectivity index (χ3v) is 6.57. The van der Waals surface area contributed by atoms with E-state index in [9.17, 15) is 0 Å². The number of fused-ring (bicyclic) bond motifs is 1. The zero-order chi connectivity index (χ0) is 14.7. The topological polar surface area (TPSA) is 34.1 Å². The van der Waals surface area contributed by atoms with E-state index in [-0.39, 0.29) is 5.54 Å². The van der Waals surface area contributed by atoms with Crippen LogP contribution in [-0.4, -0.2) is 25.2 Å². The van der Waals surface area contributed by atoms with Gasteiger partial charge in [0.2, 0.25) is 0 Å². The predicted octanol–water partition coefficient (Wildman–Crippen LogP) is 3.66. The second kappa shape index (κ2) is 6.76. The minimum atomic E-state index is 0.118. The van der Waals surface area contributed by atoms with E-state index in [1.54, 1.807) is 12.0 Å². The molecule has 1 saturated carbocycles. The molecule has 1 aromatic heterocycles. The highest BCUT2D eigenvalue weighted by Gasteiger charge is 2.40. The fourth-order valence-corrected chi connectivity index (χ4v) is 5.31. The minimum absolute atomic E-state index is 0.118. The highest BCUT2D eigenvalue weighted by atomic mass is 32.1. The Labute approximate surface area is 132 Å². The molecule has 0 spiro atoms. The summed E-state index contributed by atoms with van der Waals surface area (Å²) in [6, 6.07) is 0. The minimum Gasteiger partial charge on any atom is -0.383 e. The van der Waals surface area contributed by atoms with Gasteiger partial charge >= 0.3 is 0 Å². The molecule has 1 heterocycles. The van der Waals surface area contributed by atoms with Gasteiger partial charge in [-0.1, -0.05) is 26.2 Å². The lowest BCUT2D eigenvalue weighted by Crippen LogP contribution is -2.47. The van der Waals surface area contributed by atoms with Crippen LogP contribution in [0.4, 0.5) is 0 Å². The van der Waals surface area contributed by atoms with Crippen molar-refractivity contribution in [3.63, 3.8) is 0 Å². The maximum atomic E-state index is 5.25. The fraction of sp³-hybridized carbons (Fsp3) is 0.824. The van der Waals surface area contributed by atoms with Gasteiger partial charge in [0.1, 0.15) is 5.01 Å². The molecule has 2 aliphatic carbocycles. The van der Waals surface area contributed by atoms with Crippen LogP contribution in [0.5, 0.6) is 0 Å². The molecule has 3 nitrogen and oxygen atoms in total. The zero-order valence-electron chi connectivity index (χ0n) is 13.4. The summed E-state index contributed by atoms with van der Waals surface area (Å²) in [5.74, 6) is 0.840. The molecule has 1 fully saturated rings. The number of aryl methyl sites for hydroxylation is 2. The number of hydrogen-bond acceptors (Lipinski definition) is 4. The van der Waals surface area contributed by atoms with Gasteiger partial charge in [0.05, 0.1) is 17.8 Å². The molecule has 0 bridgehead atoms. The third kappa shape index (κ3) is 3.17. The van der Waals surface area contributed by atoms with Crippen LogP contribution in [0, 0.1) is 5.92 Å². The first-order valence-corrected chi connectivity index (χ1v) is 9.32. The standard InChI is InChI=1S/C17H28N2OS/c1-3-13-6-5-9-17(12-13,18-10-11-20-2)16-19-14-7-4-8-15(14)21-16/h13,18H,3-12H2,1-2H3. The average Bonchev–Trinajstić information content (AvgIpc) is 3.09. The number of rotatable bonds is 6. The van der Waals surface area contributed by atoms with E-state index in [1.807, 2.05) is 11.3 Å². The maximum Gasteiger partial charge on any atom is 0.113 e. The van der Waals surface area contributed by atoms with Crippen molar-refractivity contribution in [1.29, 1.82) is 0 Å². The van der Waals surface area contributed by atoms with Gasteiger partial charge in [-0.15, -0.1) is 11.3 Å². The summed E-state index contributed by atoms with van der Waals surface area (Å²) in [6.45, 7) is 4.04. The Bertz CT molecular complexity index is 452. The largest absolute Gasteiger partial charge is 0.383 e. The molecular formula is C17H28N2OS. The van der Waals surface area contributed by atoms with Crippen LogP contribution < -0.4 is 5.32 Å². The number of nitrogens with one attached hydrogen (secondary N) is 1. The Kier molecular flexibility index (Phi) is 4.97. The van der Waals surface area contributed by atoms with Crippen molar-refractivity contribution >= 4 is 11.3 Å². The molecule has 3 rings (SSSR count). The van der Waals surface area contributed by atoms with Crippen molar-refractivity contribution in [3.8, 4) is 0 Å². The van der Waals surface area contributed by atoms with Crippen molar-refractivity contribution < 1.29 is 4.74 Å². The van der Waals surface area contributed by atoms with E-state index in [1.165, 1.54) is 62.1 Å². The van der Waals surface area contributed by atoms with Crippen molar-refractivity contribution in [2.45, 2.75) is 63.8 Å². The number of methoxy groups -OCH3 is 1. The van der Waals surface area contributed by atoms with E-state index < -0.39 is 0 Å². The van der Waals surface area contributed by atoms with E-state index >= 15 is 0 Å². The van der Waals surface area contributed by atoms with Gasteiger partial charge in [0.25, 0.3) is 0 Å². The first-order valence-electron chi connectivity index (χ1n) is 8.50. The van der Waals surface area contributed by atoms with Crippen LogP contribution in [0.15, 0.2) is 0 Å². The molecule has 2 unspecified atom stereocenters. The predicted molar refractivity (Wildman–Crippen MR) is 87.9 cm³/mol. The summed E-state index contributed by atoms with van der Waals surface area (Å²) in [6.07, 6.45) is 10.2. The van der Waals surface area contributed by atoms with Gasteiger partial charge in [-0.05, 0) is 38.0 Å². The lowest BCUT2D eigenvalue weighted by atomic mass is 9.75. The second-order valence-corrected chi connectivity index (χ2v) is 7.70. The van der Waals surface area contributed by atoms with Crippen LogP contribution in [0.3, 0.4) is 0 Å². The van der Waals surface area contributed by atoms with Crippen LogP contribution >= 0.6 is 11.3 Å². The molecule has 2 aliphatic rings. The summed E-state index contributed by atoms with van der Waals surface area (Å²) < 4.78 is 5.25. The molecule has 0 aliphatic heterocycles. The maximum absolute atomic E-state index is 5.25. The number of hydrogen-bond donors (Lipinski definition) is 1. The molecule has 118 valence electrons. The molecule has 0 aromatic carbocycles. The zero-order valence-corrected chi connectivity index (χ0v) is 14.2. The molecule has 0 amide bonds. The van der Waals surface area contributed by atoms with Gasteiger partial charge in [-0.25, -0.2) is 4.98 Å². The van der Waals surface area contributed by atoms with Gasteiger partial charge in [-0.3, -0.25) is 0 Å². The number of nitrogens with zero attached hydrogens (tertiary/aromatic N) is 1. The van der Waals surface area contributed by atoms with Crippen LogP contribution in [0.2, 0.25) is 0 Å². The van der Waals surface area contributed by atoms with E-state index in [0.29, 0.717) is 0 Å². The molecule has 0 radical (unpaired) electrons. The van der Waals surface area contributed by atoms with E-state index in [0.717, 1.165) is 19.1 Å². The van der Waals surface area contributed by atoms with Crippen molar-refractivity contribution in [2.24, 2.45) is 5.92 Å². The van der Waals surface area contributed by atoms with Crippen LogP contribution in [0.1, 0.15) is 61.0 Å². The molecule has 21 heavy (non-hydrogen) atoms. The highest BCUT2D eigenvalue weighted by molar-refractivity contribution is 7.12. The van der Waals surface area contributed by atoms with Gasteiger partial charge in [0.15, 0.2) is 0 Å². The Morgan fingerprint density at radius 3 is 3.05 bits per heavy atom. The lowest BCUT2D eigenvalue weighted by molar-refractivity contribution is 0.143. The first-order chi connectivity index (χ1) is 10.3. The van der Waals surface area contributed by atoms with Gasteiger partial charge in [0, 0.05) is 18.5 Å². The molecule has 1 aromatic rings. The summed E-state index contributed by atoms with van der Waals surface area (Å²) in [7, 11) is 1.78. The first kappa shape index (κ1) is 15.4. The molecule has 4 heteroatoms. The summed E-state index contributed by atoms with van der Waals surface area (Å²) in [4.78, 5) is 6.60.